The molecule has 5 nitrogen and oxygen atoms in total. The number of hydrogen-bond acceptors (Lipinski definition) is 3. The van der Waals surface area contributed by atoms with E-state index in [0.29, 0.717) is 0 Å². The van der Waals surface area contributed by atoms with Crippen molar-refractivity contribution in [2.45, 2.75) is 58.8 Å². The number of aliphatic imine (C=N–C) groups is 1. The maximum Gasteiger partial charge on any atom is 0.191 e. The molecule has 0 spiro atoms. The lowest BCUT2D eigenvalue weighted by molar-refractivity contribution is 0.136. The van der Waals surface area contributed by atoms with Gasteiger partial charge in [-0.15, -0.1) is 24.0 Å². The second-order valence-electron chi connectivity index (χ2n) is 7.53. The lowest BCUT2D eigenvalue weighted by Crippen LogP contribution is -2.46. The van der Waals surface area contributed by atoms with Crippen molar-refractivity contribution in [1.29, 1.82) is 0 Å². The smallest absolute Gasteiger partial charge is 0.191 e. The molecule has 2 rings (SSSR count). The summed E-state index contributed by atoms with van der Waals surface area (Å²) >= 11 is 0. The van der Waals surface area contributed by atoms with Gasteiger partial charge < -0.3 is 20.4 Å². The van der Waals surface area contributed by atoms with E-state index in [2.05, 4.69) is 40.4 Å². The average Bonchev–Trinajstić information content (AvgIpc) is 2.69. The summed E-state index contributed by atoms with van der Waals surface area (Å²) in [4.78, 5) is 9.90. The van der Waals surface area contributed by atoms with Gasteiger partial charge in [-0.2, -0.15) is 0 Å². The summed E-state index contributed by atoms with van der Waals surface area (Å²) < 4.78 is 0. The van der Waals surface area contributed by atoms with E-state index >= 15 is 0 Å². The average molecular weight is 492 g/mol. The molecular weight excluding hydrogens is 449 g/mol. The Morgan fingerprint density at radius 3 is 2.48 bits per heavy atom. The highest BCUT2D eigenvalue weighted by molar-refractivity contribution is 14.0. The Morgan fingerprint density at radius 1 is 1.04 bits per heavy atom. The van der Waals surface area contributed by atoms with Crippen LogP contribution in [0.25, 0.3) is 0 Å². The molecule has 0 aromatic rings. The third kappa shape index (κ3) is 10.7. The first-order valence-corrected chi connectivity index (χ1v) is 11.0. The first-order chi connectivity index (χ1) is 12.8. The van der Waals surface area contributed by atoms with Crippen LogP contribution in [-0.4, -0.2) is 74.7 Å². The van der Waals surface area contributed by atoms with Gasteiger partial charge in [0.25, 0.3) is 0 Å². The van der Waals surface area contributed by atoms with Crippen molar-refractivity contribution >= 4 is 29.9 Å². The Hall–Kier alpha value is -0.340. The van der Waals surface area contributed by atoms with Crippen molar-refractivity contribution in [3.05, 3.63) is 11.6 Å². The van der Waals surface area contributed by atoms with Gasteiger partial charge in [0.05, 0.1) is 0 Å². The lowest BCUT2D eigenvalue weighted by atomic mass is 9.97. The third-order valence-corrected chi connectivity index (χ3v) is 5.53. The Balaban J connectivity index is 0.00000364. The molecule has 1 aliphatic carbocycles. The highest BCUT2D eigenvalue weighted by Crippen LogP contribution is 2.19. The highest BCUT2D eigenvalue weighted by Gasteiger charge is 2.14. The Bertz CT molecular complexity index is 430. The number of halogens is 1. The van der Waals surface area contributed by atoms with Crippen molar-refractivity contribution in [1.82, 2.24) is 20.4 Å². The zero-order valence-corrected chi connectivity index (χ0v) is 20.0. The van der Waals surface area contributed by atoms with Crippen LogP contribution < -0.4 is 10.6 Å². The third-order valence-electron chi connectivity index (χ3n) is 5.53. The van der Waals surface area contributed by atoms with Crippen molar-refractivity contribution in [3.63, 3.8) is 0 Å². The molecular formula is C21H42IN5. The van der Waals surface area contributed by atoms with E-state index in [9.17, 15) is 0 Å². The molecule has 0 atom stereocenters. The van der Waals surface area contributed by atoms with E-state index in [1.807, 2.05) is 0 Å². The summed E-state index contributed by atoms with van der Waals surface area (Å²) in [7, 11) is 0. The van der Waals surface area contributed by atoms with Crippen LogP contribution in [0.3, 0.4) is 0 Å². The van der Waals surface area contributed by atoms with Crippen molar-refractivity contribution in [2.24, 2.45) is 4.99 Å². The Morgan fingerprint density at radius 2 is 1.81 bits per heavy atom. The molecule has 0 amide bonds. The number of nitrogens with one attached hydrogen (secondary N) is 2. The van der Waals surface area contributed by atoms with Crippen molar-refractivity contribution in [3.8, 4) is 0 Å². The first kappa shape index (κ1) is 24.7. The molecule has 2 aliphatic rings. The fourth-order valence-corrected chi connectivity index (χ4v) is 3.78. The second kappa shape index (κ2) is 15.6. The van der Waals surface area contributed by atoms with Crippen LogP contribution in [0.1, 0.15) is 58.8 Å². The number of unbranched alkanes of at least 4 members (excludes halogenated alkanes) is 1. The molecule has 0 bridgehead atoms. The minimum atomic E-state index is 0. The molecule has 1 fully saturated rings. The molecule has 0 radical (unpaired) electrons. The molecule has 0 saturated carbocycles. The summed E-state index contributed by atoms with van der Waals surface area (Å²) in [5, 5.41) is 6.88. The highest BCUT2D eigenvalue weighted by atomic mass is 127. The van der Waals surface area contributed by atoms with Crippen LogP contribution in [-0.2, 0) is 0 Å². The fourth-order valence-electron chi connectivity index (χ4n) is 3.78. The minimum absolute atomic E-state index is 0. The number of hydrogen-bond donors (Lipinski definition) is 2. The SMILES string of the molecule is CCNC(=NCCCCN1CCN(CC)CC1)NCCC1=CCCCC1.I. The second-order valence-corrected chi connectivity index (χ2v) is 7.53. The monoisotopic (exact) mass is 491 g/mol. The lowest BCUT2D eigenvalue weighted by Gasteiger charge is -2.33. The molecule has 1 saturated heterocycles. The summed E-state index contributed by atoms with van der Waals surface area (Å²) in [6.07, 6.45) is 11.3. The van der Waals surface area contributed by atoms with Crippen LogP contribution >= 0.6 is 24.0 Å². The van der Waals surface area contributed by atoms with E-state index < -0.39 is 0 Å². The topological polar surface area (TPSA) is 42.9 Å². The van der Waals surface area contributed by atoms with E-state index in [0.717, 1.165) is 32.0 Å². The predicted molar refractivity (Wildman–Crippen MR) is 128 cm³/mol. The predicted octanol–water partition coefficient (Wildman–Crippen LogP) is 3.47. The van der Waals surface area contributed by atoms with Gasteiger partial charge in [-0.1, -0.05) is 18.6 Å². The summed E-state index contributed by atoms with van der Waals surface area (Å²) in [5.41, 5.74) is 1.63. The van der Waals surface area contributed by atoms with Gasteiger partial charge in [0, 0.05) is 45.8 Å². The number of guanidine groups is 1. The van der Waals surface area contributed by atoms with Crippen LogP contribution in [0.5, 0.6) is 0 Å². The van der Waals surface area contributed by atoms with E-state index in [4.69, 9.17) is 4.99 Å². The molecule has 6 heteroatoms. The number of rotatable bonds is 10. The first-order valence-electron chi connectivity index (χ1n) is 11.0. The number of nitrogens with zero attached hydrogens (tertiary/aromatic N) is 3. The fraction of sp³-hybridized carbons (Fsp3) is 0.857. The minimum Gasteiger partial charge on any atom is -0.357 e. The number of allylic oxidation sites excluding steroid dienone is 1. The summed E-state index contributed by atoms with van der Waals surface area (Å²) in [6.45, 7) is 14.6. The van der Waals surface area contributed by atoms with Gasteiger partial charge in [0.1, 0.15) is 0 Å². The molecule has 0 unspecified atom stereocenters. The number of likely N-dealkylation sites (N-methyl/N-ethyl adjacent to an activating group) is 1. The quantitative estimate of drug-likeness (QED) is 0.162. The molecule has 158 valence electrons. The van der Waals surface area contributed by atoms with E-state index in [1.165, 1.54) is 77.8 Å². The normalized spacial score (nSPS) is 19.3. The molecule has 27 heavy (non-hydrogen) atoms. The molecule has 2 N–H and O–H groups in total. The molecule has 0 aromatic carbocycles. The molecule has 0 aromatic heterocycles. The maximum atomic E-state index is 4.75. The number of piperazine rings is 1. The van der Waals surface area contributed by atoms with Gasteiger partial charge in [-0.3, -0.25) is 4.99 Å². The van der Waals surface area contributed by atoms with Crippen molar-refractivity contribution in [2.75, 3.05) is 58.9 Å². The van der Waals surface area contributed by atoms with E-state index in [1.54, 1.807) is 5.57 Å². The zero-order chi connectivity index (χ0) is 18.5. The standard InChI is InChI=1S/C21H41N5.HI/c1-3-22-21(24-14-12-20-10-6-5-7-11-20)23-13-8-9-15-26-18-16-25(4-2)17-19-26;/h10H,3-9,11-19H2,1-2H3,(H2,22,23,24);1H. The van der Waals surface area contributed by atoms with E-state index in [-0.39, 0.29) is 24.0 Å². The van der Waals surface area contributed by atoms with Gasteiger partial charge in [0.2, 0.25) is 0 Å². The Labute approximate surface area is 184 Å². The van der Waals surface area contributed by atoms with Crippen LogP contribution in [0.15, 0.2) is 16.6 Å². The maximum absolute atomic E-state index is 4.75. The van der Waals surface area contributed by atoms with Gasteiger partial charge in [-0.05, 0) is 65.0 Å². The Kier molecular flexibility index (Phi) is 14.2. The summed E-state index contributed by atoms with van der Waals surface area (Å²) in [5.74, 6) is 0.987. The summed E-state index contributed by atoms with van der Waals surface area (Å²) in [6, 6.07) is 0. The zero-order valence-electron chi connectivity index (χ0n) is 17.6. The van der Waals surface area contributed by atoms with Gasteiger partial charge >= 0.3 is 0 Å². The van der Waals surface area contributed by atoms with Crippen LogP contribution in [0.4, 0.5) is 0 Å². The van der Waals surface area contributed by atoms with Gasteiger partial charge in [0.15, 0.2) is 5.96 Å². The largest absolute Gasteiger partial charge is 0.357 e. The van der Waals surface area contributed by atoms with Crippen LogP contribution in [0.2, 0.25) is 0 Å². The van der Waals surface area contributed by atoms with Crippen molar-refractivity contribution < 1.29 is 0 Å². The molecule has 1 aliphatic heterocycles. The van der Waals surface area contributed by atoms with Crippen LogP contribution in [0, 0.1) is 0 Å². The van der Waals surface area contributed by atoms with Gasteiger partial charge in [-0.25, -0.2) is 0 Å². The molecule has 1 heterocycles.